The summed E-state index contributed by atoms with van der Waals surface area (Å²) >= 11 is 0. The molecule has 2 saturated heterocycles. The number of carbonyl (C=O) groups is 1. The minimum atomic E-state index is -5.08. The molecule has 12 heteroatoms. The van der Waals surface area contributed by atoms with Gasteiger partial charge in [-0.05, 0) is 34.5 Å². The number of tetrazole rings is 1. The molecule has 2 N–H and O–H groups in total. The van der Waals surface area contributed by atoms with E-state index in [0.29, 0.717) is 6.04 Å². The van der Waals surface area contributed by atoms with Crippen LogP contribution in [0.15, 0.2) is 24.5 Å². The van der Waals surface area contributed by atoms with Crippen LogP contribution in [0.1, 0.15) is 24.7 Å². The third-order valence-electron chi connectivity index (χ3n) is 4.89. The van der Waals surface area contributed by atoms with Gasteiger partial charge in [0.05, 0.1) is 18.4 Å². The highest BCUT2D eigenvalue weighted by molar-refractivity contribution is 5.73. The zero-order valence-electron chi connectivity index (χ0n) is 15.6. The van der Waals surface area contributed by atoms with Crippen molar-refractivity contribution in [2.75, 3.05) is 32.8 Å². The molecule has 0 aliphatic carbocycles. The predicted molar refractivity (Wildman–Crippen MR) is 101 cm³/mol. The number of aliphatic carboxylic acids is 1. The number of hydrogen-bond acceptors (Lipinski definition) is 7. The van der Waals surface area contributed by atoms with Gasteiger partial charge < -0.3 is 15.2 Å². The van der Waals surface area contributed by atoms with Gasteiger partial charge >= 0.3 is 12.1 Å². The Morgan fingerprint density at radius 2 is 2.10 bits per heavy atom. The van der Waals surface area contributed by atoms with E-state index in [1.54, 1.807) is 11.0 Å². The topological polar surface area (TPSA) is 105 Å². The van der Waals surface area contributed by atoms with Crippen LogP contribution in [-0.4, -0.2) is 81.2 Å². The van der Waals surface area contributed by atoms with Gasteiger partial charge in [0.25, 0.3) is 0 Å². The molecular formula is C18H25F3N6O3. The van der Waals surface area contributed by atoms with Crippen molar-refractivity contribution in [2.24, 2.45) is 0 Å². The normalized spacial score (nSPS) is 21.6. The number of aromatic nitrogens is 4. The van der Waals surface area contributed by atoms with Crippen molar-refractivity contribution < 1.29 is 27.8 Å². The van der Waals surface area contributed by atoms with Gasteiger partial charge in [-0.25, -0.2) is 9.48 Å². The van der Waals surface area contributed by atoms with Crippen LogP contribution in [0.3, 0.4) is 0 Å². The summed E-state index contributed by atoms with van der Waals surface area (Å²) in [5, 5.41) is 22.0. The summed E-state index contributed by atoms with van der Waals surface area (Å²) in [6.45, 7) is 7.03. The largest absolute Gasteiger partial charge is 0.490 e. The SMILES string of the molecule is C.Cc1c([C@@H]2CN3CCNC[C@H]3CO2)cccc1-n1cnnn1.O=C(O)C(F)(F)F. The van der Waals surface area contributed by atoms with E-state index in [1.165, 1.54) is 11.1 Å². The van der Waals surface area contributed by atoms with Crippen molar-refractivity contribution in [3.05, 3.63) is 35.7 Å². The molecule has 1 aromatic heterocycles. The smallest absolute Gasteiger partial charge is 0.475 e. The van der Waals surface area contributed by atoms with Crippen LogP contribution < -0.4 is 5.32 Å². The number of nitrogens with one attached hydrogen (secondary N) is 1. The second-order valence-corrected chi connectivity index (χ2v) is 6.72. The molecule has 1 aromatic carbocycles. The van der Waals surface area contributed by atoms with Gasteiger partial charge in [0, 0.05) is 32.2 Å². The second-order valence-electron chi connectivity index (χ2n) is 6.72. The standard InChI is InChI=1S/C15H20N6O.C2HF3O2.CH4/c1-11-13(3-2-4-14(11)21-10-17-18-19-21)15-8-20-6-5-16-7-12(20)9-22-15;3-2(4,5)1(6)7;/h2-4,10,12,15-16H,5-9H2,1H3;(H,6,7);1H4/t12-,15-;;/m0../s1. The van der Waals surface area contributed by atoms with Gasteiger partial charge in [-0.15, -0.1) is 5.10 Å². The van der Waals surface area contributed by atoms with E-state index >= 15 is 0 Å². The molecule has 0 unspecified atom stereocenters. The summed E-state index contributed by atoms with van der Waals surface area (Å²) in [4.78, 5) is 11.4. The van der Waals surface area contributed by atoms with Gasteiger partial charge in [0.1, 0.15) is 6.33 Å². The molecule has 2 fully saturated rings. The monoisotopic (exact) mass is 430 g/mol. The molecule has 0 bridgehead atoms. The van der Waals surface area contributed by atoms with E-state index in [-0.39, 0.29) is 13.5 Å². The zero-order chi connectivity index (χ0) is 21.0. The lowest BCUT2D eigenvalue weighted by Gasteiger charge is -2.43. The molecule has 0 amide bonds. The molecule has 0 saturated carbocycles. The Labute approximate surface area is 171 Å². The van der Waals surface area contributed by atoms with E-state index in [9.17, 15) is 13.2 Å². The first-order valence-corrected chi connectivity index (χ1v) is 8.96. The molecule has 30 heavy (non-hydrogen) atoms. The average Bonchev–Trinajstić information content (AvgIpc) is 3.22. The van der Waals surface area contributed by atoms with E-state index in [0.717, 1.165) is 38.5 Å². The number of carboxylic acid groups (broad SMARTS) is 1. The van der Waals surface area contributed by atoms with E-state index < -0.39 is 12.1 Å². The van der Waals surface area contributed by atoms with Gasteiger partial charge in [0.15, 0.2) is 0 Å². The third-order valence-corrected chi connectivity index (χ3v) is 4.89. The maximum atomic E-state index is 10.6. The van der Waals surface area contributed by atoms with Crippen molar-refractivity contribution in [1.29, 1.82) is 0 Å². The Hall–Kier alpha value is -2.57. The Bertz CT molecular complexity index is 831. The first-order chi connectivity index (χ1) is 13.8. The number of piperazine rings is 1. The van der Waals surface area contributed by atoms with Crippen LogP contribution in [0.5, 0.6) is 0 Å². The molecule has 9 nitrogen and oxygen atoms in total. The predicted octanol–water partition coefficient (Wildman–Crippen LogP) is 1.59. The first-order valence-electron chi connectivity index (χ1n) is 8.96. The summed E-state index contributed by atoms with van der Waals surface area (Å²) in [6.07, 6.45) is -3.34. The zero-order valence-corrected chi connectivity index (χ0v) is 15.6. The fourth-order valence-corrected chi connectivity index (χ4v) is 3.40. The average molecular weight is 430 g/mol. The fourth-order valence-electron chi connectivity index (χ4n) is 3.40. The van der Waals surface area contributed by atoms with Gasteiger partial charge in [-0.1, -0.05) is 19.6 Å². The highest BCUT2D eigenvalue weighted by Crippen LogP contribution is 2.30. The summed E-state index contributed by atoms with van der Waals surface area (Å²) < 4.78 is 39.6. The Morgan fingerprint density at radius 1 is 1.37 bits per heavy atom. The van der Waals surface area contributed by atoms with Crippen molar-refractivity contribution >= 4 is 5.97 Å². The number of carboxylic acids is 1. The Morgan fingerprint density at radius 3 is 2.73 bits per heavy atom. The van der Waals surface area contributed by atoms with Gasteiger partial charge in [0.2, 0.25) is 0 Å². The number of nitrogens with zero attached hydrogens (tertiary/aromatic N) is 5. The number of alkyl halides is 3. The molecule has 3 heterocycles. The number of morpholine rings is 1. The summed E-state index contributed by atoms with van der Waals surface area (Å²) in [5.74, 6) is -2.76. The van der Waals surface area contributed by atoms with E-state index in [2.05, 4.69) is 38.7 Å². The summed E-state index contributed by atoms with van der Waals surface area (Å²) in [7, 11) is 0. The molecule has 2 aliphatic rings. The fraction of sp³-hybridized carbons (Fsp3) is 0.556. The number of ether oxygens (including phenoxy) is 1. The van der Waals surface area contributed by atoms with Crippen LogP contribution in [0.2, 0.25) is 0 Å². The lowest BCUT2D eigenvalue weighted by Crippen LogP contribution is -2.57. The molecule has 2 atom stereocenters. The number of rotatable bonds is 2. The van der Waals surface area contributed by atoms with Crippen LogP contribution in [-0.2, 0) is 9.53 Å². The molecule has 166 valence electrons. The lowest BCUT2D eigenvalue weighted by molar-refractivity contribution is -0.192. The van der Waals surface area contributed by atoms with E-state index in [1.807, 2.05) is 12.1 Å². The number of fused-ring (bicyclic) bond motifs is 1. The van der Waals surface area contributed by atoms with Gasteiger partial charge in [-0.3, -0.25) is 4.90 Å². The van der Waals surface area contributed by atoms with Crippen molar-refractivity contribution in [2.45, 2.75) is 32.7 Å². The summed E-state index contributed by atoms with van der Waals surface area (Å²) in [6, 6.07) is 6.74. The number of benzene rings is 1. The first kappa shape index (κ1) is 23.7. The maximum absolute atomic E-state index is 10.6. The van der Waals surface area contributed by atoms with Crippen LogP contribution in [0.4, 0.5) is 13.2 Å². The van der Waals surface area contributed by atoms with Crippen molar-refractivity contribution in [3.8, 4) is 5.69 Å². The maximum Gasteiger partial charge on any atom is 0.490 e. The van der Waals surface area contributed by atoms with Crippen LogP contribution in [0, 0.1) is 6.92 Å². The van der Waals surface area contributed by atoms with Gasteiger partial charge in [-0.2, -0.15) is 13.2 Å². The number of hydrogen-bond donors (Lipinski definition) is 2. The molecule has 0 radical (unpaired) electrons. The number of halogens is 3. The molecular weight excluding hydrogens is 405 g/mol. The minimum Gasteiger partial charge on any atom is -0.475 e. The van der Waals surface area contributed by atoms with Crippen LogP contribution >= 0.6 is 0 Å². The third kappa shape index (κ3) is 5.52. The highest BCUT2D eigenvalue weighted by Gasteiger charge is 2.38. The quantitative estimate of drug-likeness (QED) is 0.740. The highest BCUT2D eigenvalue weighted by atomic mass is 19.4. The molecule has 0 spiro atoms. The second kappa shape index (κ2) is 9.96. The Balaban J connectivity index is 0.000000350. The minimum absolute atomic E-state index is 0. The van der Waals surface area contributed by atoms with Crippen LogP contribution in [0.25, 0.3) is 5.69 Å². The Kier molecular flexibility index (Phi) is 7.87. The summed E-state index contributed by atoms with van der Waals surface area (Å²) in [5.41, 5.74) is 3.41. The van der Waals surface area contributed by atoms with Crippen molar-refractivity contribution in [3.63, 3.8) is 0 Å². The molecule has 2 aromatic rings. The molecule has 2 aliphatic heterocycles. The molecule has 4 rings (SSSR count). The van der Waals surface area contributed by atoms with E-state index in [4.69, 9.17) is 14.6 Å². The van der Waals surface area contributed by atoms with Crippen molar-refractivity contribution in [1.82, 2.24) is 30.4 Å². The lowest BCUT2D eigenvalue weighted by atomic mass is 9.99.